The third-order valence-corrected chi connectivity index (χ3v) is 3.64. The highest BCUT2D eigenvalue weighted by Gasteiger charge is 2.19. The number of carbonyl (C=O) groups excluding carboxylic acids is 1. The molecule has 1 heterocycles. The minimum Gasteiger partial charge on any atom is -0.357 e. The van der Waals surface area contributed by atoms with Gasteiger partial charge in [-0.05, 0) is 26.7 Å². The van der Waals surface area contributed by atoms with Gasteiger partial charge in [0.05, 0.1) is 0 Å². The van der Waals surface area contributed by atoms with Crippen LogP contribution in [-0.4, -0.2) is 74.5 Å². The molecule has 0 spiro atoms. The minimum atomic E-state index is 0.00785. The number of rotatable bonds is 6. The lowest BCUT2D eigenvalue weighted by molar-refractivity contribution is -0.127. The van der Waals surface area contributed by atoms with E-state index in [1.165, 1.54) is 5.57 Å². The third-order valence-electron chi connectivity index (χ3n) is 3.64. The van der Waals surface area contributed by atoms with Gasteiger partial charge in [0.25, 0.3) is 0 Å². The van der Waals surface area contributed by atoms with Crippen LogP contribution in [0.2, 0.25) is 0 Å². The van der Waals surface area contributed by atoms with Crippen LogP contribution in [-0.2, 0) is 4.79 Å². The molecule has 0 radical (unpaired) electrons. The second kappa shape index (κ2) is 9.46. The summed E-state index contributed by atoms with van der Waals surface area (Å²) < 4.78 is 0. The van der Waals surface area contributed by atoms with E-state index in [9.17, 15) is 4.79 Å². The van der Waals surface area contributed by atoms with Crippen molar-refractivity contribution in [1.29, 1.82) is 0 Å². The molecule has 1 fully saturated rings. The molecule has 6 heteroatoms. The number of aliphatic imine (C=N–C) groups is 1. The lowest BCUT2D eigenvalue weighted by atomic mass is 10.0. The minimum absolute atomic E-state index is 0.00785. The Bertz CT molecular complexity index is 397. The van der Waals surface area contributed by atoms with Gasteiger partial charge in [-0.3, -0.25) is 9.69 Å². The van der Waals surface area contributed by atoms with Gasteiger partial charge in [0.15, 0.2) is 5.96 Å². The molecule has 126 valence electrons. The van der Waals surface area contributed by atoms with E-state index >= 15 is 0 Å². The molecule has 0 unspecified atom stereocenters. The van der Waals surface area contributed by atoms with Crippen LogP contribution in [0.25, 0.3) is 0 Å². The van der Waals surface area contributed by atoms with E-state index in [0.29, 0.717) is 6.04 Å². The van der Waals surface area contributed by atoms with Crippen molar-refractivity contribution in [3.63, 3.8) is 0 Å². The van der Waals surface area contributed by atoms with Crippen LogP contribution in [0.15, 0.2) is 17.1 Å². The van der Waals surface area contributed by atoms with E-state index in [-0.39, 0.29) is 12.5 Å². The Morgan fingerprint density at radius 2 is 2.00 bits per heavy atom. The highest BCUT2D eigenvalue weighted by Crippen LogP contribution is 2.11. The molecule has 0 bridgehead atoms. The first-order valence-corrected chi connectivity index (χ1v) is 8.04. The number of piperidine rings is 1. The normalized spacial score (nSPS) is 17.2. The van der Waals surface area contributed by atoms with Gasteiger partial charge in [-0.25, -0.2) is 4.99 Å². The summed E-state index contributed by atoms with van der Waals surface area (Å²) in [6.45, 7) is 12.2. The van der Waals surface area contributed by atoms with Gasteiger partial charge in [-0.2, -0.15) is 0 Å². The number of likely N-dealkylation sites (N-methyl/N-ethyl adjacent to an activating group) is 1. The van der Waals surface area contributed by atoms with Crippen LogP contribution in [0.4, 0.5) is 0 Å². The molecule has 6 nitrogen and oxygen atoms in total. The zero-order valence-electron chi connectivity index (χ0n) is 14.5. The average molecular weight is 309 g/mol. The maximum Gasteiger partial charge on any atom is 0.243 e. The van der Waals surface area contributed by atoms with Crippen molar-refractivity contribution in [3.8, 4) is 0 Å². The van der Waals surface area contributed by atoms with Crippen LogP contribution >= 0.6 is 0 Å². The number of nitrogens with one attached hydrogen (secondary N) is 2. The summed E-state index contributed by atoms with van der Waals surface area (Å²) in [6, 6.07) is 0.411. The first-order valence-electron chi connectivity index (χ1n) is 8.04. The number of hydrogen-bond donors (Lipinski definition) is 2. The molecular weight excluding hydrogens is 278 g/mol. The standard InChI is InChI=1S/C16H31N5O/c1-6-17-16(18-11-15(22)20(4)5)19-14-7-9-21(10-8-14)12-13(2)3/h14H,2,6-12H2,1,3-5H3,(H2,17,18,19). The quantitative estimate of drug-likeness (QED) is 0.430. The predicted octanol–water partition coefficient (Wildman–Crippen LogP) is 0.670. The molecule has 1 aliphatic heterocycles. The maximum atomic E-state index is 11.6. The molecule has 1 amide bonds. The highest BCUT2D eigenvalue weighted by atomic mass is 16.2. The van der Waals surface area contributed by atoms with Gasteiger partial charge < -0.3 is 15.5 Å². The van der Waals surface area contributed by atoms with Gasteiger partial charge in [0, 0.05) is 46.3 Å². The highest BCUT2D eigenvalue weighted by molar-refractivity contribution is 5.84. The molecule has 1 aliphatic rings. The van der Waals surface area contributed by atoms with Crippen LogP contribution in [0, 0.1) is 0 Å². The molecular formula is C16H31N5O. The zero-order valence-corrected chi connectivity index (χ0v) is 14.5. The molecule has 0 saturated carbocycles. The number of hydrogen-bond acceptors (Lipinski definition) is 3. The van der Waals surface area contributed by atoms with Crippen molar-refractivity contribution >= 4 is 11.9 Å². The monoisotopic (exact) mass is 309 g/mol. The van der Waals surface area contributed by atoms with E-state index in [1.807, 2.05) is 6.92 Å². The van der Waals surface area contributed by atoms with Gasteiger partial charge in [-0.1, -0.05) is 12.2 Å². The van der Waals surface area contributed by atoms with Crippen molar-refractivity contribution in [2.45, 2.75) is 32.7 Å². The first kappa shape index (κ1) is 18.5. The summed E-state index contributed by atoms with van der Waals surface area (Å²) in [5.74, 6) is 0.740. The van der Waals surface area contributed by atoms with Crippen LogP contribution in [0.3, 0.4) is 0 Å². The molecule has 0 aliphatic carbocycles. The van der Waals surface area contributed by atoms with Crippen molar-refractivity contribution < 1.29 is 4.79 Å². The Morgan fingerprint density at radius 1 is 1.36 bits per heavy atom. The fourth-order valence-electron chi connectivity index (χ4n) is 2.42. The number of nitrogens with zero attached hydrogens (tertiary/aromatic N) is 3. The van der Waals surface area contributed by atoms with E-state index in [0.717, 1.165) is 45.0 Å². The zero-order chi connectivity index (χ0) is 16.5. The molecule has 0 aromatic carbocycles. The van der Waals surface area contributed by atoms with Crippen LogP contribution in [0.5, 0.6) is 0 Å². The van der Waals surface area contributed by atoms with E-state index in [2.05, 4.69) is 34.0 Å². The molecule has 0 atom stereocenters. The summed E-state index contributed by atoms with van der Waals surface area (Å²) in [5, 5.41) is 6.65. The number of likely N-dealkylation sites (tertiary alicyclic amines) is 1. The Balaban J connectivity index is 2.45. The van der Waals surface area contributed by atoms with E-state index < -0.39 is 0 Å². The second-order valence-corrected chi connectivity index (χ2v) is 6.14. The fraction of sp³-hybridized carbons (Fsp3) is 0.750. The Labute approximate surface area is 134 Å². The van der Waals surface area contributed by atoms with Crippen molar-refractivity contribution in [3.05, 3.63) is 12.2 Å². The van der Waals surface area contributed by atoms with Gasteiger partial charge in [0.2, 0.25) is 5.91 Å². The fourth-order valence-corrected chi connectivity index (χ4v) is 2.42. The SMILES string of the molecule is C=C(C)CN1CCC(NC(=NCC(=O)N(C)C)NCC)CC1. The summed E-state index contributed by atoms with van der Waals surface area (Å²) in [6.07, 6.45) is 2.17. The molecule has 0 aromatic heterocycles. The van der Waals surface area contributed by atoms with Crippen LogP contribution < -0.4 is 10.6 Å². The number of carbonyl (C=O) groups is 1. The summed E-state index contributed by atoms with van der Waals surface area (Å²) in [7, 11) is 3.49. The van der Waals surface area contributed by atoms with Gasteiger partial charge in [0.1, 0.15) is 6.54 Å². The van der Waals surface area contributed by atoms with Gasteiger partial charge >= 0.3 is 0 Å². The van der Waals surface area contributed by atoms with E-state index in [1.54, 1.807) is 19.0 Å². The van der Waals surface area contributed by atoms with Gasteiger partial charge in [-0.15, -0.1) is 0 Å². The van der Waals surface area contributed by atoms with Crippen LogP contribution in [0.1, 0.15) is 26.7 Å². The molecule has 1 saturated heterocycles. The largest absolute Gasteiger partial charge is 0.357 e. The summed E-state index contributed by atoms with van der Waals surface area (Å²) in [4.78, 5) is 20.0. The summed E-state index contributed by atoms with van der Waals surface area (Å²) >= 11 is 0. The molecule has 22 heavy (non-hydrogen) atoms. The number of guanidine groups is 1. The average Bonchev–Trinajstić information content (AvgIpc) is 2.46. The predicted molar refractivity (Wildman–Crippen MR) is 92.1 cm³/mol. The lowest BCUT2D eigenvalue weighted by Crippen LogP contribution is -2.49. The van der Waals surface area contributed by atoms with Crippen molar-refractivity contribution in [2.24, 2.45) is 4.99 Å². The third kappa shape index (κ3) is 6.93. The molecule has 1 rings (SSSR count). The smallest absolute Gasteiger partial charge is 0.243 e. The summed E-state index contributed by atoms with van der Waals surface area (Å²) in [5.41, 5.74) is 1.21. The van der Waals surface area contributed by atoms with Crippen molar-refractivity contribution in [2.75, 3.05) is 46.8 Å². The first-order chi connectivity index (χ1) is 10.4. The Morgan fingerprint density at radius 3 is 2.50 bits per heavy atom. The van der Waals surface area contributed by atoms with Crippen molar-refractivity contribution in [1.82, 2.24) is 20.4 Å². The second-order valence-electron chi connectivity index (χ2n) is 6.14. The Hall–Kier alpha value is -1.56. The molecule has 2 N–H and O–H groups in total. The topological polar surface area (TPSA) is 60.0 Å². The maximum absolute atomic E-state index is 11.6. The lowest BCUT2D eigenvalue weighted by Gasteiger charge is -2.33. The number of amides is 1. The van der Waals surface area contributed by atoms with E-state index in [4.69, 9.17) is 0 Å². The molecule has 0 aromatic rings. The Kier molecular flexibility index (Phi) is 7.95.